The van der Waals surface area contributed by atoms with Crippen LogP contribution in [0.2, 0.25) is 0 Å². The van der Waals surface area contributed by atoms with E-state index < -0.39 is 0 Å². The number of aromatic nitrogens is 1. The van der Waals surface area contributed by atoms with Crippen LogP contribution in [0, 0.1) is 18.7 Å². The number of nitrogens with zero attached hydrogens (tertiary/aromatic N) is 1. The van der Waals surface area contributed by atoms with Crippen molar-refractivity contribution in [1.82, 2.24) is 9.88 Å². The third-order valence-electron chi connectivity index (χ3n) is 4.16. The number of carbonyl (C=O) groups excluding carboxylic acids is 1. The molecule has 5 heteroatoms. The van der Waals surface area contributed by atoms with E-state index in [0.29, 0.717) is 30.5 Å². The minimum Gasteiger partial charge on any atom is -0.493 e. The Balaban J connectivity index is 1.55. The lowest BCUT2D eigenvalue weighted by atomic mass is 9.98. The highest BCUT2D eigenvalue weighted by atomic mass is 19.1. The standard InChI is InChI=1S/C18H21FN2O2/c1-13-9-17(20-10-13)18(22)21-8-2-3-14(11-21)12-23-16-6-4-15(19)5-7-16/h4-7,9-10,14,20H,2-3,8,11-12H2,1H3. The normalized spacial score (nSPS) is 18.0. The van der Waals surface area contributed by atoms with Crippen molar-refractivity contribution in [2.24, 2.45) is 5.92 Å². The van der Waals surface area contributed by atoms with E-state index in [0.717, 1.165) is 24.9 Å². The number of carbonyl (C=O) groups is 1. The topological polar surface area (TPSA) is 45.3 Å². The summed E-state index contributed by atoms with van der Waals surface area (Å²) < 4.78 is 18.6. The molecule has 0 aliphatic carbocycles. The highest BCUT2D eigenvalue weighted by molar-refractivity contribution is 5.92. The molecule has 0 bridgehead atoms. The maximum atomic E-state index is 12.9. The number of nitrogens with one attached hydrogen (secondary N) is 1. The van der Waals surface area contributed by atoms with E-state index in [1.54, 1.807) is 12.1 Å². The molecule has 2 aromatic rings. The third kappa shape index (κ3) is 3.92. The molecular formula is C18H21FN2O2. The second kappa shape index (κ2) is 6.86. The Morgan fingerprint density at radius 1 is 1.39 bits per heavy atom. The van der Waals surface area contributed by atoms with Crippen LogP contribution < -0.4 is 4.74 Å². The number of rotatable bonds is 4. The van der Waals surface area contributed by atoms with Crippen LogP contribution >= 0.6 is 0 Å². The maximum absolute atomic E-state index is 12.9. The lowest BCUT2D eigenvalue weighted by molar-refractivity contribution is 0.0628. The molecule has 1 amide bonds. The number of aryl methyl sites for hydroxylation is 1. The highest BCUT2D eigenvalue weighted by Gasteiger charge is 2.25. The predicted octanol–water partition coefficient (Wildman–Crippen LogP) is 3.39. The number of aromatic amines is 1. The van der Waals surface area contributed by atoms with E-state index in [-0.39, 0.29) is 11.7 Å². The summed E-state index contributed by atoms with van der Waals surface area (Å²) in [4.78, 5) is 17.4. The zero-order chi connectivity index (χ0) is 16.2. The van der Waals surface area contributed by atoms with E-state index in [1.807, 2.05) is 24.1 Å². The van der Waals surface area contributed by atoms with Gasteiger partial charge in [0.2, 0.25) is 0 Å². The second-order valence-corrected chi connectivity index (χ2v) is 6.12. The van der Waals surface area contributed by atoms with Crippen molar-refractivity contribution in [3.63, 3.8) is 0 Å². The highest BCUT2D eigenvalue weighted by Crippen LogP contribution is 2.20. The molecule has 1 aromatic heterocycles. The summed E-state index contributed by atoms with van der Waals surface area (Å²) in [5.41, 5.74) is 1.70. The maximum Gasteiger partial charge on any atom is 0.270 e. The van der Waals surface area contributed by atoms with Gasteiger partial charge in [-0.15, -0.1) is 0 Å². The zero-order valence-corrected chi connectivity index (χ0v) is 13.2. The molecule has 1 atom stereocenters. The van der Waals surface area contributed by atoms with Crippen molar-refractivity contribution < 1.29 is 13.9 Å². The molecule has 1 aliphatic heterocycles. The van der Waals surface area contributed by atoms with Gasteiger partial charge in [0.05, 0.1) is 6.61 Å². The Kier molecular flexibility index (Phi) is 4.65. The van der Waals surface area contributed by atoms with Gasteiger partial charge in [-0.1, -0.05) is 0 Å². The molecule has 0 saturated carbocycles. The first kappa shape index (κ1) is 15.6. The lowest BCUT2D eigenvalue weighted by Gasteiger charge is -2.32. The van der Waals surface area contributed by atoms with Gasteiger partial charge in [0.25, 0.3) is 5.91 Å². The molecule has 0 spiro atoms. The van der Waals surface area contributed by atoms with Gasteiger partial charge in [0, 0.05) is 25.2 Å². The SMILES string of the molecule is Cc1c[nH]c(C(=O)N2CCCC(COc3ccc(F)cc3)C2)c1. The van der Waals surface area contributed by atoms with Crippen LogP contribution in [0.3, 0.4) is 0 Å². The van der Waals surface area contributed by atoms with Crippen molar-refractivity contribution in [1.29, 1.82) is 0 Å². The van der Waals surface area contributed by atoms with Crippen LogP contribution in [0.15, 0.2) is 36.5 Å². The number of piperidine rings is 1. The Bertz CT molecular complexity index is 666. The molecule has 23 heavy (non-hydrogen) atoms. The number of amides is 1. The number of halogens is 1. The Morgan fingerprint density at radius 3 is 2.87 bits per heavy atom. The Hall–Kier alpha value is -2.30. The first-order valence-corrected chi connectivity index (χ1v) is 7.94. The quantitative estimate of drug-likeness (QED) is 0.939. The van der Waals surface area contributed by atoms with Crippen molar-refractivity contribution in [2.75, 3.05) is 19.7 Å². The Labute approximate surface area is 135 Å². The lowest BCUT2D eigenvalue weighted by Crippen LogP contribution is -2.41. The number of ether oxygens (including phenoxy) is 1. The molecule has 3 rings (SSSR count). The largest absolute Gasteiger partial charge is 0.493 e. The summed E-state index contributed by atoms with van der Waals surface area (Å²) in [6, 6.07) is 7.91. The fraction of sp³-hybridized carbons (Fsp3) is 0.389. The van der Waals surface area contributed by atoms with Crippen LogP contribution in [-0.4, -0.2) is 35.5 Å². The second-order valence-electron chi connectivity index (χ2n) is 6.12. The van der Waals surface area contributed by atoms with Crippen LogP contribution in [0.1, 0.15) is 28.9 Å². The number of hydrogen-bond donors (Lipinski definition) is 1. The summed E-state index contributed by atoms with van der Waals surface area (Å²) >= 11 is 0. The molecule has 4 nitrogen and oxygen atoms in total. The summed E-state index contributed by atoms with van der Waals surface area (Å²) in [7, 11) is 0. The molecule has 0 radical (unpaired) electrons. The predicted molar refractivity (Wildman–Crippen MR) is 86.1 cm³/mol. The fourth-order valence-electron chi connectivity index (χ4n) is 2.93. The fourth-order valence-corrected chi connectivity index (χ4v) is 2.93. The van der Waals surface area contributed by atoms with Crippen molar-refractivity contribution in [3.05, 3.63) is 53.6 Å². The van der Waals surface area contributed by atoms with E-state index in [4.69, 9.17) is 4.74 Å². The summed E-state index contributed by atoms with van der Waals surface area (Å²) in [6.07, 6.45) is 3.85. The van der Waals surface area contributed by atoms with E-state index in [9.17, 15) is 9.18 Å². The number of likely N-dealkylation sites (tertiary alicyclic amines) is 1. The van der Waals surface area contributed by atoms with Gasteiger partial charge in [-0.3, -0.25) is 4.79 Å². The molecule has 1 aromatic carbocycles. The first-order chi connectivity index (χ1) is 11.1. The van der Waals surface area contributed by atoms with Crippen LogP contribution in [-0.2, 0) is 0 Å². The van der Waals surface area contributed by atoms with Gasteiger partial charge < -0.3 is 14.6 Å². The van der Waals surface area contributed by atoms with Crippen LogP contribution in [0.4, 0.5) is 4.39 Å². The first-order valence-electron chi connectivity index (χ1n) is 7.94. The van der Waals surface area contributed by atoms with Crippen LogP contribution in [0.25, 0.3) is 0 Å². The van der Waals surface area contributed by atoms with Gasteiger partial charge >= 0.3 is 0 Å². The average molecular weight is 316 g/mol. The van der Waals surface area contributed by atoms with Crippen molar-refractivity contribution in [3.8, 4) is 5.75 Å². The summed E-state index contributed by atoms with van der Waals surface area (Å²) in [5.74, 6) is 0.737. The minimum absolute atomic E-state index is 0.0459. The van der Waals surface area contributed by atoms with Gasteiger partial charge in [0.1, 0.15) is 17.3 Å². The molecule has 1 fully saturated rings. The van der Waals surface area contributed by atoms with Gasteiger partial charge in [0.15, 0.2) is 0 Å². The number of hydrogen-bond acceptors (Lipinski definition) is 2. The molecule has 122 valence electrons. The molecule has 2 heterocycles. The molecule has 1 saturated heterocycles. The summed E-state index contributed by atoms with van der Waals surface area (Å²) in [5, 5.41) is 0. The smallest absolute Gasteiger partial charge is 0.270 e. The van der Waals surface area contributed by atoms with Crippen molar-refractivity contribution >= 4 is 5.91 Å². The monoisotopic (exact) mass is 316 g/mol. The van der Waals surface area contributed by atoms with E-state index >= 15 is 0 Å². The summed E-state index contributed by atoms with van der Waals surface area (Å²) in [6.45, 7) is 3.98. The number of H-pyrrole nitrogens is 1. The van der Waals surface area contributed by atoms with Gasteiger partial charge in [-0.25, -0.2) is 4.39 Å². The van der Waals surface area contributed by atoms with Gasteiger partial charge in [-0.05, 0) is 55.7 Å². The zero-order valence-electron chi connectivity index (χ0n) is 13.2. The molecule has 1 unspecified atom stereocenters. The molecule has 1 aliphatic rings. The van der Waals surface area contributed by atoms with E-state index in [2.05, 4.69) is 4.98 Å². The van der Waals surface area contributed by atoms with Crippen LogP contribution in [0.5, 0.6) is 5.75 Å². The molecule has 1 N–H and O–H groups in total. The minimum atomic E-state index is -0.270. The Morgan fingerprint density at radius 2 is 2.17 bits per heavy atom. The average Bonchev–Trinajstić information content (AvgIpc) is 3.00. The third-order valence-corrected chi connectivity index (χ3v) is 4.16. The molecular weight excluding hydrogens is 295 g/mol. The number of benzene rings is 1. The van der Waals surface area contributed by atoms with Crippen molar-refractivity contribution in [2.45, 2.75) is 19.8 Å². The van der Waals surface area contributed by atoms with Gasteiger partial charge in [-0.2, -0.15) is 0 Å². The van der Waals surface area contributed by atoms with E-state index in [1.165, 1.54) is 12.1 Å².